The molecule has 0 heterocycles. The van der Waals surface area contributed by atoms with Crippen molar-refractivity contribution in [2.24, 2.45) is 0 Å². The minimum absolute atomic E-state index is 0.184. The second-order valence-corrected chi connectivity index (χ2v) is 6.56. The van der Waals surface area contributed by atoms with Crippen molar-refractivity contribution < 1.29 is 39.6 Å². The average Bonchev–Trinajstić information content (AvgIpc) is 2.73. The lowest BCUT2D eigenvalue weighted by Crippen LogP contribution is -2.14. The van der Waals surface area contributed by atoms with Gasteiger partial charge < -0.3 is 31.1 Å². The molecule has 2 amide bonds. The summed E-state index contributed by atoms with van der Waals surface area (Å²) in [5.41, 5.74) is 0.167. The Morgan fingerprint density at radius 3 is 1.19 bits per heavy atom. The van der Waals surface area contributed by atoms with Crippen molar-refractivity contribution in [1.82, 2.24) is 0 Å². The molecule has 32 heavy (non-hydrogen) atoms. The molecule has 0 unspecified atom stereocenters. The lowest BCUT2D eigenvalue weighted by molar-refractivity contribution is 0.0682. The number of aromatic carboxylic acids is 2. The lowest BCUT2D eigenvalue weighted by atomic mass is 10.1. The summed E-state index contributed by atoms with van der Waals surface area (Å²) in [6.45, 7) is 0. The van der Waals surface area contributed by atoms with E-state index in [9.17, 15) is 29.4 Å². The summed E-state index contributed by atoms with van der Waals surface area (Å²) < 4.78 is 0. The number of carboxylic acid groups (broad SMARTS) is 2. The van der Waals surface area contributed by atoms with E-state index in [1.807, 2.05) is 0 Å². The first kappa shape index (κ1) is 21.8. The maximum atomic E-state index is 12.4. The van der Waals surface area contributed by atoms with Crippen LogP contribution >= 0.6 is 0 Å². The molecule has 3 rings (SSSR count). The fourth-order valence-corrected chi connectivity index (χ4v) is 2.76. The first-order chi connectivity index (χ1) is 15.2. The van der Waals surface area contributed by atoms with Gasteiger partial charge in [-0.1, -0.05) is 0 Å². The second-order valence-electron chi connectivity index (χ2n) is 6.56. The number of carbonyl (C=O) groups is 4. The second kappa shape index (κ2) is 8.88. The van der Waals surface area contributed by atoms with E-state index >= 15 is 0 Å². The minimum atomic E-state index is -1.30. The van der Waals surface area contributed by atoms with Gasteiger partial charge in [-0.3, -0.25) is 9.59 Å². The molecule has 0 spiro atoms. The number of amides is 2. The van der Waals surface area contributed by atoms with Crippen LogP contribution in [0.5, 0.6) is 11.5 Å². The molecule has 0 atom stereocenters. The van der Waals surface area contributed by atoms with E-state index in [-0.39, 0.29) is 33.6 Å². The van der Waals surface area contributed by atoms with Crippen molar-refractivity contribution in [3.05, 3.63) is 82.9 Å². The predicted molar refractivity (Wildman–Crippen MR) is 112 cm³/mol. The van der Waals surface area contributed by atoms with Crippen LogP contribution in [-0.4, -0.2) is 44.2 Å². The van der Waals surface area contributed by atoms with Crippen LogP contribution in [0, 0.1) is 0 Å². The summed E-state index contributed by atoms with van der Waals surface area (Å²) in [6, 6.07) is 12.7. The average molecular weight is 436 g/mol. The molecule has 3 aromatic rings. The summed E-state index contributed by atoms with van der Waals surface area (Å²) in [5.74, 6) is -4.69. The van der Waals surface area contributed by atoms with Crippen molar-refractivity contribution in [3.63, 3.8) is 0 Å². The van der Waals surface area contributed by atoms with Crippen molar-refractivity contribution in [2.45, 2.75) is 0 Å². The quantitative estimate of drug-likeness (QED) is 0.342. The van der Waals surface area contributed by atoms with Crippen LogP contribution in [-0.2, 0) is 0 Å². The van der Waals surface area contributed by atoms with Gasteiger partial charge in [0.15, 0.2) is 0 Å². The zero-order valence-corrected chi connectivity index (χ0v) is 16.2. The van der Waals surface area contributed by atoms with Crippen LogP contribution in [0.25, 0.3) is 0 Å². The maximum absolute atomic E-state index is 12.4. The summed E-state index contributed by atoms with van der Waals surface area (Å²) >= 11 is 0. The van der Waals surface area contributed by atoms with Gasteiger partial charge in [-0.2, -0.15) is 0 Å². The zero-order chi connectivity index (χ0) is 23.4. The molecule has 0 fully saturated rings. The van der Waals surface area contributed by atoms with Crippen LogP contribution in [0.3, 0.4) is 0 Å². The molecule has 3 aromatic carbocycles. The van der Waals surface area contributed by atoms with Crippen molar-refractivity contribution in [3.8, 4) is 11.5 Å². The summed E-state index contributed by atoms with van der Waals surface area (Å²) in [6.07, 6.45) is 0. The molecular weight excluding hydrogens is 420 g/mol. The van der Waals surface area contributed by atoms with Gasteiger partial charge in [-0.15, -0.1) is 0 Å². The number of hydrogen-bond donors (Lipinski definition) is 6. The van der Waals surface area contributed by atoms with Crippen LogP contribution in [0.15, 0.2) is 60.7 Å². The number of aromatic hydroxyl groups is 2. The van der Waals surface area contributed by atoms with Gasteiger partial charge in [0.2, 0.25) is 0 Å². The molecule has 0 saturated heterocycles. The predicted octanol–water partition coefficient (Wildman–Crippen LogP) is 3.00. The summed E-state index contributed by atoms with van der Waals surface area (Å²) in [5, 5.41) is 42.2. The number of nitrogens with one attached hydrogen (secondary N) is 2. The Morgan fingerprint density at radius 2 is 0.906 bits per heavy atom. The number of carboxylic acids is 2. The molecule has 10 heteroatoms. The maximum Gasteiger partial charge on any atom is 0.339 e. The van der Waals surface area contributed by atoms with Gasteiger partial charge in [-0.05, 0) is 48.5 Å². The van der Waals surface area contributed by atoms with Crippen LogP contribution in [0.2, 0.25) is 0 Å². The number of phenols is 2. The van der Waals surface area contributed by atoms with Crippen LogP contribution < -0.4 is 10.6 Å². The molecular formula is C22H16N2O8. The number of carbonyl (C=O) groups excluding carboxylic acids is 2. The Labute approximate surface area is 180 Å². The minimum Gasteiger partial charge on any atom is -0.507 e. The molecule has 6 N–H and O–H groups in total. The van der Waals surface area contributed by atoms with Gasteiger partial charge in [0.1, 0.15) is 22.6 Å². The molecule has 0 aliphatic carbocycles. The lowest BCUT2D eigenvalue weighted by Gasteiger charge is -2.09. The Morgan fingerprint density at radius 1 is 0.562 bits per heavy atom. The Kier molecular flexibility index (Phi) is 6.06. The fourth-order valence-electron chi connectivity index (χ4n) is 2.76. The highest BCUT2D eigenvalue weighted by Crippen LogP contribution is 2.24. The van der Waals surface area contributed by atoms with Gasteiger partial charge in [0, 0.05) is 34.6 Å². The van der Waals surface area contributed by atoms with Gasteiger partial charge in [-0.25, -0.2) is 9.59 Å². The molecule has 0 aromatic heterocycles. The van der Waals surface area contributed by atoms with E-state index in [4.69, 9.17) is 10.2 Å². The fraction of sp³-hybridized carbons (Fsp3) is 0. The third-order valence-electron chi connectivity index (χ3n) is 4.38. The largest absolute Gasteiger partial charge is 0.507 e. The van der Waals surface area contributed by atoms with Crippen LogP contribution in [0.1, 0.15) is 41.4 Å². The summed E-state index contributed by atoms with van der Waals surface area (Å²) in [4.78, 5) is 46.6. The molecule has 162 valence electrons. The van der Waals surface area contributed by atoms with Crippen molar-refractivity contribution in [2.75, 3.05) is 10.6 Å². The van der Waals surface area contributed by atoms with Gasteiger partial charge >= 0.3 is 11.9 Å². The number of hydrogen-bond acceptors (Lipinski definition) is 6. The number of benzene rings is 3. The number of rotatable bonds is 6. The van der Waals surface area contributed by atoms with E-state index in [0.29, 0.717) is 0 Å². The van der Waals surface area contributed by atoms with Crippen LogP contribution in [0.4, 0.5) is 11.4 Å². The molecule has 0 aliphatic heterocycles. The summed E-state index contributed by atoms with van der Waals surface area (Å²) in [7, 11) is 0. The standard InChI is InChI=1S/C22H16N2O8/c25-17-9-13(5-7-15(17)21(29)30)23-19(27)11-1-2-12(4-3-11)20(28)24-14-6-8-16(22(31)32)18(26)10-14/h1-10,25-26H,(H,23,27)(H,24,28)(H,29,30)(H,31,32). The highest BCUT2D eigenvalue weighted by atomic mass is 16.4. The number of anilines is 2. The molecule has 0 bridgehead atoms. The van der Waals surface area contributed by atoms with E-state index in [0.717, 1.165) is 24.3 Å². The van der Waals surface area contributed by atoms with E-state index in [1.54, 1.807) is 0 Å². The SMILES string of the molecule is O=C(Nc1ccc(C(=O)O)c(O)c1)c1ccc(C(=O)Nc2ccc(C(=O)O)c(O)c2)cc1. The normalized spacial score (nSPS) is 10.2. The van der Waals surface area contributed by atoms with E-state index < -0.39 is 35.3 Å². The molecule has 0 saturated carbocycles. The zero-order valence-electron chi connectivity index (χ0n) is 16.2. The van der Waals surface area contributed by atoms with Crippen molar-refractivity contribution >= 4 is 35.1 Å². The molecule has 10 nitrogen and oxygen atoms in total. The monoisotopic (exact) mass is 436 g/mol. The van der Waals surface area contributed by atoms with Gasteiger partial charge in [0.25, 0.3) is 11.8 Å². The Hall–Kier alpha value is -4.86. The van der Waals surface area contributed by atoms with E-state index in [2.05, 4.69) is 10.6 Å². The topological polar surface area (TPSA) is 173 Å². The van der Waals surface area contributed by atoms with Crippen molar-refractivity contribution in [1.29, 1.82) is 0 Å². The smallest absolute Gasteiger partial charge is 0.339 e. The highest BCUT2D eigenvalue weighted by Gasteiger charge is 2.14. The van der Waals surface area contributed by atoms with E-state index in [1.165, 1.54) is 36.4 Å². The Balaban J connectivity index is 1.67. The van der Waals surface area contributed by atoms with Gasteiger partial charge in [0.05, 0.1) is 0 Å². The third kappa shape index (κ3) is 4.82. The third-order valence-corrected chi connectivity index (χ3v) is 4.38. The first-order valence-electron chi connectivity index (χ1n) is 9.01. The first-order valence-corrected chi connectivity index (χ1v) is 9.01. The molecule has 0 radical (unpaired) electrons. The Bertz CT molecular complexity index is 1140. The highest BCUT2D eigenvalue weighted by molar-refractivity contribution is 6.07. The molecule has 0 aliphatic rings.